The van der Waals surface area contributed by atoms with Gasteiger partial charge in [-0.05, 0) is 28.8 Å². The van der Waals surface area contributed by atoms with Crippen molar-refractivity contribution in [3.63, 3.8) is 0 Å². The van der Waals surface area contributed by atoms with Crippen molar-refractivity contribution in [1.29, 1.82) is 0 Å². The molecular weight excluding hydrogens is 324 g/mol. The van der Waals surface area contributed by atoms with E-state index in [1.165, 1.54) is 0 Å². The highest BCUT2D eigenvalue weighted by Gasteiger charge is 2.13. The lowest BCUT2D eigenvalue weighted by Gasteiger charge is -2.09. The number of amides is 1. The molecule has 3 aromatic rings. The Kier molecular flexibility index (Phi) is 5.19. The van der Waals surface area contributed by atoms with Crippen molar-refractivity contribution >= 4 is 23.5 Å². The van der Waals surface area contributed by atoms with Gasteiger partial charge in [-0.2, -0.15) is 4.99 Å². The molecule has 128 valence electrons. The van der Waals surface area contributed by atoms with E-state index in [1.807, 2.05) is 54.6 Å². The predicted molar refractivity (Wildman–Crippen MR) is 105 cm³/mol. The molecule has 2 aromatic carbocycles. The van der Waals surface area contributed by atoms with Crippen molar-refractivity contribution in [3.8, 4) is 11.1 Å². The molecule has 5 heteroatoms. The maximum absolute atomic E-state index is 12.6. The smallest absolute Gasteiger partial charge is 0.280 e. The highest BCUT2D eigenvalue weighted by Crippen LogP contribution is 2.28. The van der Waals surface area contributed by atoms with E-state index in [1.54, 1.807) is 30.6 Å². The van der Waals surface area contributed by atoms with Crippen LogP contribution in [-0.2, 0) is 4.79 Å². The molecule has 4 N–H and O–H groups in total. The van der Waals surface area contributed by atoms with Crippen LogP contribution in [0.4, 0.5) is 0 Å². The lowest BCUT2D eigenvalue weighted by atomic mass is 9.96. The van der Waals surface area contributed by atoms with Crippen LogP contribution in [0, 0.1) is 0 Å². The Morgan fingerprint density at radius 3 is 2.35 bits per heavy atom. The van der Waals surface area contributed by atoms with Gasteiger partial charge in [0.25, 0.3) is 5.91 Å². The first kappa shape index (κ1) is 17.1. The van der Waals surface area contributed by atoms with Crippen molar-refractivity contribution in [1.82, 2.24) is 4.98 Å². The summed E-state index contributed by atoms with van der Waals surface area (Å²) in [5.41, 5.74) is 14.7. The second-order valence-corrected chi connectivity index (χ2v) is 5.59. The summed E-state index contributed by atoms with van der Waals surface area (Å²) in [5.74, 6) is -0.790. The molecule has 0 saturated heterocycles. The van der Waals surface area contributed by atoms with Gasteiger partial charge in [0.15, 0.2) is 5.96 Å². The van der Waals surface area contributed by atoms with E-state index in [2.05, 4.69) is 9.98 Å². The number of nitrogens with zero attached hydrogens (tertiary/aromatic N) is 2. The fourth-order valence-corrected chi connectivity index (χ4v) is 2.63. The van der Waals surface area contributed by atoms with Crippen LogP contribution in [0.15, 0.2) is 84.1 Å². The second kappa shape index (κ2) is 7.90. The number of aliphatic imine (C=N–C) groups is 1. The second-order valence-electron chi connectivity index (χ2n) is 5.59. The van der Waals surface area contributed by atoms with E-state index in [-0.39, 0.29) is 5.96 Å². The van der Waals surface area contributed by atoms with Crippen LogP contribution in [0.25, 0.3) is 22.8 Å². The Balaban J connectivity index is 2.15. The minimum Gasteiger partial charge on any atom is -0.370 e. The molecule has 3 rings (SSSR count). The molecule has 0 atom stereocenters. The molecule has 0 saturated carbocycles. The molecule has 0 radical (unpaired) electrons. The van der Waals surface area contributed by atoms with Crippen LogP contribution in [0.1, 0.15) is 11.1 Å². The number of benzene rings is 2. The van der Waals surface area contributed by atoms with Gasteiger partial charge in [0.05, 0.1) is 5.57 Å². The van der Waals surface area contributed by atoms with Gasteiger partial charge in [0, 0.05) is 18.0 Å². The fourth-order valence-electron chi connectivity index (χ4n) is 2.63. The summed E-state index contributed by atoms with van der Waals surface area (Å²) in [6.45, 7) is 0. The summed E-state index contributed by atoms with van der Waals surface area (Å²) >= 11 is 0. The topological polar surface area (TPSA) is 94.4 Å². The lowest BCUT2D eigenvalue weighted by molar-refractivity contribution is -0.112. The van der Waals surface area contributed by atoms with Crippen LogP contribution in [0.3, 0.4) is 0 Å². The molecule has 1 aromatic heterocycles. The van der Waals surface area contributed by atoms with Crippen LogP contribution in [0.5, 0.6) is 0 Å². The molecule has 0 unspecified atom stereocenters. The number of guanidine groups is 1. The van der Waals surface area contributed by atoms with Gasteiger partial charge in [-0.25, -0.2) is 0 Å². The zero-order chi connectivity index (χ0) is 18.4. The fraction of sp³-hybridized carbons (Fsp3) is 0. The summed E-state index contributed by atoms with van der Waals surface area (Å²) in [5, 5.41) is 0. The van der Waals surface area contributed by atoms with E-state index >= 15 is 0 Å². The number of carbonyl (C=O) groups is 1. The molecule has 1 heterocycles. The first-order valence-corrected chi connectivity index (χ1v) is 8.05. The minimum atomic E-state index is -0.513. The van der Waals surface area contributed by atoms with Crippen LogP contribution in [0.2, 0.25) is 0 Å². The monoisotopic (exact) mass is 342 g/mol. The molecule has 0 aliphatic rings. The first-order valence-electron chi connectivity index (χ1n) is 8.05. The van der Waals surface area contributed by atoms with Gasteiger partial charge < -0.3 is 11.5 Å². The third-order valence-corrected chi connectivity index (χ3v) is 3.78. The third-order valence-electron chi connectivity index (χ3n) is 3.78. The molecular formula is C21H18N4O. The number of aromatic nitrogens is 1. The third kappa shape index (κ3) is 4.02. The number of rotatable bonds is 4. The molecule has 1 amide bonds. The number of hydrogen-bond acceptors (Lipinski definition) is 2. The molecule has 0 aliphatic carbocycles. The van der Waals surface area contributed by atoms with Crippen LogP contribution < -0.4 is 11.5 Å². The molecule has 0 fully saturated rings. The Hall–Kier alpha value is -3.73. The summed E-state index contributed by atoms with van der Waals surface area (Å²) in [7, 11) is 0. The average molecular weight is 342 g/mol. The number of nitrogens with two attached hydrogens (primary N) is 2. The summed E-state index contributed by atoms with van der Waals surface area (Å²) in [6.07, 6.45) is 5.04. The van der Waals surface area contributed by atoms with Crippen LogP contribution >= 0.6 is 0 Å². The standard InChI is InChI=1S/C21H18N4O/c22-21(23)25-20(26)19(17-10-6-12-24-14-17)13-16-9-4-5-11-18(16)15-7-2-1-3-8-15/h1-14H,(H4,22,23,25,26)/b19-13+. The zero-order valence-corrected chi connectivity index (χ0v) is 14.0. The van der Waals surface area contributed by atoms with Gasteiger partial charge in [0.1, 0.15) is 0 Å². The van der Waals surface area contributed by atoms with E-state index in [4.69, 9.17) is 11.5 Å². The first-order chi connectivity index (χ1) is 12.6. The Morgan fingerprint density at radius 1 is 0.923 bits per heavy atom. The largest absolute Gasteiger partial charge is 0.370 e. The number of carbonyl (C=O) groups excluding carboxylic acids is 1. The Labute approximate surface area is 151 Å². The predicted octanol–water partition coefficient (Wildman–Crippen LogP) is 3.09. The van der Waals surface area contributed by atoms with Gasteiger partial charge in [-0.1, -0.05) is 60.7 Å². The summed E-state index contributed by atoms with van der Waals surface area (Å²) < 4.78 is 0. The average Bonchev–Trinajstić information content (AvgIpc) is 2.67. The number of hydrogen-bond donors (Lipinski definition) is 2. The summed E-state index contributed by atoms with van der Waals surface area (Å²) in [6, 6.07) is 21.3. The molecule has 5 nitrogen and oxygen atoms in total. The highest BCUT2D eigenvalue weighted by molar-refractivity contribution is 6.26. The van der Waals surface area contributed by atoms with Gasteiger partial charge in [-0.15, -0.1) is 0 Å². The maximum atomic E-state index is 12.6. The summed E-state index contributed by atoms with van der Waals surface area (Å²) in [4.78, 5) is 20.3. The molecule has 0 aliphatic heterocycles. The van der Waals surface area contributed by atoms with Crippen LogP contribution in [-0.4, -0.2) is 16.9 Å². The minimum absolute atomic E-state index is 0.277. The molecule has 0 spiro atoms. The SMILES string of the molecule is NC(N)=NC(=O)/C(=C/c1ccccc1-c1ccccc1)c1cccnc1. The van der Waals surface area contributed by atoms with Gasteiger partial charge in [0.2, 0.25) is 0 Å². The normalized spacial score (nSPS) is 11.0. The maximum Gasteiger partial charge on any atom is 0.280 e. The van der Waals surface area contributed by atoms with Crippen molar-refractivity contribution in [2.45, 2.75) is 0 Å². The van der Waals surface area contributed by atoms with E-state index in [9.17, 15) is 4.79 Å². The Morgan fingerprint density at radius 2 is 1.65 bits per heavy atom. The molecule has 26 heavy (non-hydrogen) atoms. The molecule has 0 bridgehead atoms. The van der Waals surface area contributed by atoms with Crippen molar-refractivity contribution in [2.75, 3.05) is 0 Å². The van der Waals surface area contributed by atoms with Crippen molar-refractivity contribution in [3.05, 3.63) is 90.3 Å². The Bertz CT molecular complexity index is 960. The lowest BCUT2D eigenvalue weighted by Crippen LogP contribution is -2.24. The zero-order valence-electron chi connectivity index (χ0n) is 14.0. The van der Waals surface area contributed by atoms with Gasteiger partial charge >= 0.3 is 0 Å². The van der Waals surface area contributed by atoms with Crippen molar-refractivity contribution < 1.29 is 4.79 Å². The van der Waals surface area contributed by atoms with Crippen molar-refractivity contribution in [2.24, 2.45) is 16.5 Å². The van der Waals surface area contributed by atoms with E-state index in [0.717, 1.165) is 16.7 Å². The number of pyridine rings is 1. The quantitative estimate of drug-likeness (QED) is 0.433. The highest BCUT2D eigenvalue weighted by atomic mass is 16.1. The van der Waals surface area contributed by atoms with E-state index < -0.39 is 5.91 Å². The van der Waals surface area contributed by atoms with Gasteiger partial charge in [-0.3, -0.25) is 9.78 Å². The van der Waals surface area contributed by atoms with E-state index in [0.29, 0.717) is 11.1 Å².